The van der Waals surface area contributed by atoms with Crippen molar-refractivity contribution in [2.24, 2.45) is 7.05 Å². The van der Waals surface area contributed by atoms with Gasteiger partial charge in [0.15, 0.2) is 11.5 Å². The van der Waals surface area contributed by atoms with Crippen LogP contribution in [0, 0.1) is 6.92 Å². The second-order valence-corrected chi connectivity index (χ2v) is 5.34. The summed E-state index contributed by atoms with van der Waals surface area (Å²) >= 11 is 0. The molecule has 0 bridgehead atoms. The van der Waals surface area contributed by atoms with Crippen LogP contribution in [0.25, 0.3) is 10.9 Å². The van der Waals surface area contributed by atoms with Gasteiger partial charge in [-0.3, -0.25) is 0 Å². The SMILES string of the molecule is CNCCCc1c(C)n(C)c2cc3c(cc12)OCCO3. The van der Waals surface area contributed by atoms with Crippen molar-refractivity contribution in [1.29, 1.82) is 0 Å². The van der Waals surface area contributed by atoms with Gasteiger partial charge in [0.2, 0.25) is 0 Å². The number of ether oxygens (including phenoxy) is 2. The van der Waals surface area contributed by atoms with Gasteiger partial charge in [0.05, 0.1) is 5.52 Å². The summed E-state index contributed by atoms with van der Waals surface area (Å²) in [4.78, 5) is 0. The molecule has 4 nitrogen and oxygen atoms in total. The fourth-order valence-electron chi connectivity index (χ4n) is 2.93. The van der Waals surface area contributed by atoms with Crippen molar-refractivity contribution in [3.05, 3.63) is 23.4 Å². The normalized spacial score (nSPS) is 13.9. The lowest BCUT2D eigenvalue weighted by molar-refractivity contribution is 0.172. The number of hydrogen-bond donors (Lipinski definition) is 1. The Bertz CT molecular complexity index is 631. The van der Waals surface area contributed by atoms with Crippen molar-refractivity contribution in [2.45, 2.75) is 19.8 Å². The first-order chi connectivity index (χ1) is 9.72. The largest absolute Gasteiger partial charge is 0.486 e. The Labute approximate surface area is 119 Å². The van der Waals surface area contributed by atoms with E-state index in [2.05, 4.69) is 36.0 Å². The van der Waals surface area contributed by atoms with Crippen LogP contribution in [-0.2, 0) is 13.5 Å². The predicted molar refractivity (Wildman–Crippen MR) is 80.9 cm³/mol. The average Bonchev–Trinajstić information content (AvgIpc) is 2.70. The molecule has 0 spiro atoms. The molecule has 0 aliphatic carbocycles. The number of aromatic nitrogens is 1. The average molecular weight is 274 g/mol. The summed E-state index contributed by atoms with van der Waals surface area (Å²) in [7, 11) is 4.12. The topological polar surface area (TPSA) is 35.4 Å². The van der Waals surface area contributed by atoms with Crippen molar-refractivity contribution >= 4 is 10.9 Å². The first-order valence-electron chi connectivity index (χ1n) is 7.24. The molecule has 0 amide bonds. The number of nitrogens with zero attached hydrogens (tertiary/aromatic N) is 1. The van der Waals surface area contributed by atoms with Crippen LogP contribution >= 0.6 is 0 Å². The molecule has 108 valence electrons. The molecule has 0 saturated heterocycles. The van der Waals surface area contributed by atoms with E-state index in [1.54, 1.807) is 0 Å². The van der Waals surface area contributed by atoms with Crippen LogP contribution in [0.1, 0.15) is 17.7 Å². The Hall–Kier alpha value is -1.68. The van der Waals surface area contributed by atoms with E-state index < -0.39 is 0 Å². The summed E-state index contributed by atoms with van der Waals surface area (Å²) in [6.07, 6.45) is 2.23. The number of nitrogens with one attached hydrogen (secondary N) is 1. The van der Waals surface area contributed by atoms with E-state index in [-0.39, 0.29) is 0 Å². The van der Waals surface area contributed by atoms with Crippen molar-refractivity contribution in [2.75, 3.05) is 26.8 Å². The number of fused-ring (bicyclic) bond motifs is 2. The van der Waals surface area contributed by atoms with E-state index in [1.165, 1.54) is 22.2 Å². The molecule has 1 aromatic heterocycles. The highest BCUT2D eigenvalue weighted by molar-refractivity contribution is 5.88. The third kappa shape index (κ3) is 2.14. The van der Waals surface area contributed by atoms with Crippen molar-refractivity contribution < 1.29 is 9.47 Å². The van der Waals surface area contributed by atoms with Crippen molar-refractivity contribution in [3.63, 3.8) is 0 Å². The molecular formula is C16H22N2O2. The Morgan fingerprint density at radius 1 is 1.20 bits per heavy atom. The number of hydrogen-bond acceptors (Lipinski definition) is 3. The predicted octanol–water partition coefficient (Wildman–Crippen LogP) is 2.41. The molecule has 1 aliphatic heterocycles. The lowest BCUT2D eigenvalue weighted by atomic mass is 10.1. The van der Waals surface area contributed by atoms with Crippen molar-refractivity contribution in [1.82, 2.24) is 9.88 Å². The Morgan fingerprint density at radius 3 is 2.60 bits per heavy atom. The van der Waals surface area contributed by atoms with Crippen LogP contribution in [0.2, 0.25) is 0 Å². The third-order valence-corrected chi connectivity index (χ3v) is 4.14. The molecule has 3 rings (SSSR count). The Morgan fingerprint density at radius 2 is 1.90 bits per heavy atom. The van der Waals surface area contributed by atoms with Crippen LogP contribution in [-0.4, -0.2) is 31.4 Å². The van der Waals surface area contributed by atoms with Gasteiger partial charge < -0.3 is 19.4 Å². The Kier molecular flexibility index (Phi) is 3.57. The van der Waals surface area contributed by atoms with Gasteiger partial charge in [-0.2, -0.15) is 0 Å². The summed E-state index contributed by atoms with van der Waals surface area (Å²) < 4.78 is 13.7. The smallest absolute Gasteiger partial charge is 0.163 e. The quantitative estimate of drug-likeness (QED) is 0.870. The highest BCUT2D eigenvalue weighted by atomic mass is 16.6. The molecule has 1 aromatic carbocycles. The van der Waals surface area contributed by atoms with Gasteiger partial charge >= 0.3 is 0 Å². The minimum absolute atomic E-state index is 0.636. The van der Waals surface area contributed by atoms with Gasteiger partial charge in [-0.05, 0) is 45.0 Å². The lowest BCUT2D eigenvalue weighted by Gasteiger charge is -2.18. The second kappa shape index (κ2) is 5.37. The molecule has 0 fully saturated rings. The molecule has 4 heteroatoms. The number of benzene rings is 1. The first kappa shape index (κ1) is 13.3. The highest BCUT2D eigenvalue weighted by Gasteiger charge is 2.18. The minimum atomic E-state index is 0.636. The van der Waals surface area contributed by atoms with Crippen LogP contribution in [0.3, 0.4) is 0 Å². The lowest BCUT2D eigenvalue weighted by Crippen LogP contribution is -2.15. The molecular weight excluding hydrogens is 252 g/mol. The fourth-order valence-corrected chi connectivity index (χ4v) is 2.93. The molecule has 0 unspecified atom stereocenters. The van der Waals surface area contributed by atoms with E-state index in [4.69, 9.17) is 9.47 Å². The van der Waals surface area contributed by atoms with E-state index in [0.717, 1.165) is 30.9 Å². The van der Waals surface area contributed by atoms with Gasteiger partial charge in [0.25, 0.3) is 0 Å². The minimum Gasteiger partial charge on any atom is -0.486 e. The van der Waals surface area contributed by atoms with E-state index >= 15 is 0 Å². The molecule has 1 N–H and O–H groups in total. The summed E-state index contributed by atoms with van der Waals surface area (Å²) in [5.74, 6) is 1.75. The van der Waals surface area contributed by atoms with Crippen LogP contribution in [0.15, 0.2) is 12.1 Å². The van der Waals surface area contributed by atoms with Gasteiger partial charge in [0.1, 0.15) is 13.2 Å². The van der Waals surface area contributed by atoms with Crippen molar-refractivity contribution in [3.8, 4) is 11.5 Å². The third-order valence-electron chi connectivity index (χ3n) is 4.14. The maximum atomic E-state index is 5.71. The van der Waals surface area contributed by atoms with Crippen LogP contribution < -0.4 is 14.8 Å². The maximum absolute atomic E-state index is 5.71. The summed E-state index contributed by atoms with van der Waals surface area (Å²) in [5.41, 5.74) is 3.99. The number of aryl methyl sites for hydroxylation is 2. The Balaban J connectivity index is 2.07. The van der Waals surface area contributed by atoms with Gasteiger partial charge in [0, 0.05) is 24.2 Å². The van der Waals surface area contributed by atoms with E-state index in [9.17, 15) is 0 Å². The molecule has 0 radical (unpaired) electrons. The highest BCUT2D eigenvalue weighted by Crippen LogP contribution is 2.37. The summed E-state index contributed by atoms with van der Waals surface area (Å²) in [5, 5.41) is 4.51. The zero-order valence-corrected chi connectivity index (χ0v) is 12.5. The first-order valence-corrected chi connectivity index (χ1v) is 7.24. The number of rotatable bonds is 4. The monoisotopic (exact) mass is 274 g/mol. The molecule has 0 saturated carbocycles. The van der Waals surface area contributed by atoms with Gasteiger partial charge in [-0.1, -0.05) is 0 Å². The molecule has 1 aliphatic rings. The zero-order chi connectivity index (χ0) is 14.1. The molecule has 20 heavy (non-hydrogen) atoms. The van der Waals surface area contributed by atoms with Gasteiger partial charge in [-0.25, -0.2) is 0 Å². The molecule has 0 atom stereocenters. The molecule has 2 heterocycles. The summed E-state index contributed by atoms with van der Waals surface area (Å²) in [6, 6.07) is 4.25. The van der Waals surface area contributed by atoms with Crippen LogP contribution in [0.4, 0.5) is 0 Å². The fraction of sp³-hybridized carbons (Fsp3) is 0.500. The van der Waals surface area contributed by atoms with Crippen LogP contribution in [0.5, 0.6) is 11.5 Å². The second-order valence-electron chi connectivity index (χ2n) is 5.34. The maximum Gasteiger partial charge on any atom is 0.163 e. The van der Waals surface area contributed by atoms with Gasteiger partial charge in [-0.15, -0.1) is 0 Å². The van der Waals surface area contributed by atoms with E-state index in [0.29, 0.717) is 13.2 Å². The molecule has 2 aromatic rings. The zero-order valence-electron chi connectivity index (χ0n) is 12.5. The van der Waals surface area contributed by atoms with E-state index in [1.807, 2.05) is 7.05 Å². The summed E-state index contributed by atoms with van der Waals surface area (Å²) in [6.45, 7) is 4.51. The standard InChI is InChI=1S/C16H22N2O2/c1-11-12(5-4-6-17-2)13-9-15-16(20-8-7-19-15)10-14(13)18(11)3/h9-10,17H,4-8H2,1-3H3.